The molecular formula is C14H25N3O. The summed E-state index contributed by atoms with van der Waals surface area (Å²) in [5, 5.41) is 3.28. The second-order valence-electron chi connectivity index (χ2n) is 4.96. The number of ether oxygens (including phenoxy) is 1. The second-order valence-corrected chi connectivity index (χ2v) is 4.96. The van der Waals surface area contributed by atoms with Crippen LogP contribution in [0.2, 0.25) is 0 Å². The van der Waals surface area contributed by atoms with Crippen LogP contribution in [0, 0.1) is 12.8 Å². The van der Waals surface area contributed by atoms with E-state index in [1.54, 1.807) is 6.33 Å². The van der Waals surface area contributed by atoms with Crippen LogP contribution in [0.1, 0.15) is 45.6 Å². The van der Waals surface area contributed by atoms with Crippen LogP contribution >= 0.6 is 0 Å². The zero-order chi connectivity index (χ0) is 13.4. The molecule has 0 aliphatic heterocycles. The Hall–Kier alpha value is -1.32. The third-order valence-electron chi connectivity index (χ3n) is 2.74. The Bertz CT molecular complexity index is 353. The lowest BCUT2D eigenvalue weighted by Gasteiger charge is -2.12. The van der Waals surface area contributed by atoms with Gasteiger partial charge in [0.05, 0.1) is 12.2 Å². The second kappa shape index (κ2) is 7.90. The van der Waals surface area contributed by atoms with Crippen LogP contribution in [0.3, 0.4) is 0 Å². The lowest BCUT2D eigenvalue weighted by atomic mass is 10.1. The lowest BCUT2D eigenvalue weighted by Crippen LogP contribution is -2.08. The van der Waals surface area contributed by atoms with Gasteiger partial charge in [0.1, 0.15) is 12.1 Å². The van der Waals surface area contributed by atoms with E-state index in [9.17, 15) is 0 Å². The van der Waals surface area contributed by atoms with Crippen LogP contribution in [0.4, 0.5) is 5.82 Å². The quantitative estimate of drug-likeness (QED) is 0.719. The fraction of sp³-hybridized carbons (Fsp3) is 0.714. The minimum absolute atomic E-state index is 0.701. The van der Waals surface area contributed by atoms with E-state index in [0.29, 0.717) is 5.88 Å². The number of hydrogen-bond donors (Lipinski definition) is 1. The molecule has 1 rings (SSSR count). The van der Waals surface area contributed by atoms with Crippen LogP contribution < -0.4 is 10.1 Å². The smallest absolute Gasteiger partial charge is 0.221 e. The molecule has 0 aromatic carbocycles. The van der Waals surface area contributed by atoms with Crippen molar-refractivity contribution < 1.29 is 4.74 Å². The maximum absolute atomic E-state index is 5.72. The Morgan fingerprint density at radius 2 is 2.11 bits per heavy atom. The minimum Gasteiger partial charge on any atom is -0.477 e. The van der Waals surface area contributed by atoms with E-state index in [-0.39, 0.29) is 0 Å². The highest BCUT2D eigenvalue weighted by Crippen LogP contribution is 2.20. The average Bonchev–Trinajstić information content (AvgIpc) is 2.34. The summed E-state index contributed by atoms with van der Waals surface area (Å²) in [4.78, 5) is 8.42. The summed E-state index contributed by atoms with van der Waals surface area (Å²) in [5.41, 5.74) is 0.996. The molecule has 1 N–H and O–H groups in total. The fourth-order valence-electron chi connectivity index (χ4n) is 1.66. The van der Waals surface area contributed by atoms with Crippen LogP contribution in [0.25, 0.3) is 0 Å². The maximum atomic E-state index is 5.72. The molecule has 0 aliphatic rings. The molecule has 1 aromatic heterocycles. The predicted octanol–water partition coefficient (Wildman–Crippen LogP) is 3.42. The number of aromatic nitrogens is 2. The summed E-state index contributed by atoms with van der Waals surface area (Å²) in [5.74, 6) is 2.31. The van der Waals surface area contributed by atoms with Crippen LogP contribution in [-0.4, -0.2) is 23.1 Å². The molecule has 0 saturated carbocycles. The van der Waals surface area contributed by atoms with Gasteiger partial charge >= 0.3 is 0 Å². The van der Waals surface area contributed by atoms with Gasteiger partial charge in [0.15, 0.2) is 0 Å². The van der Waals surface area contributed by atoms with Crippen molar-refractivity contribution >= 4 is 5.82 Å². The summed E-state index contributed by atoms with van der Waals surface area (Å²) in [6, 6.07) is 0. The summed E-state index contributed by atoms with van der Waals surface area (Å²) in [6.07, 6.45) is 4.89. The predicted molar refractivity (Wildman–Crippen MR) is 75.1 cm³/mol. The number of nitrogens with zero attached hydrogens (tertiary/aromatic N) is 2. The Kier molecular flexibility index (Phi) is 6.47. The Labute approximate surface area is 110 Å². The monoisotopic (exact) mass is 251 g/mol. The molecule has 4 nitrogen and oxygen atoms in total. The molecule has 18 heavy (non-hydrogen) atoms. The number of hydrogen-bond acceptors (Lipinski definition) is 4. The zero-order valence-electron chi connectivity index (χ0n) is 12.0. The van der Waals surface area contributed by atoms with Crippen LogP contribution in [0.15, 0.2) is 6.33 Å². The first-order valence-corrected chi connectivity index (χ1v) is 6.83. The Morgan fingerprint density at radius 3 is 2.78 bits per heavy atom. The molecule has 0 spiro atoms. The van der Waals surface area contributed by atoms with Crippen molar-refractivity contribution in [3.8, 4) is 5.88 Å². The van der Waals surface area contributed by atoms with Crippen molar-refractivity contribution in [1.29, 1.82) is 0 Å². The Morgan fingerprint density at radius 1 is 1.33 bits per heavy atom. The zero-order valence-corrected chi connectivity index (χ0v) is 12.0. The summed E-state index contributed by atoms with van der Waals surface area (Å²) < 4.78 is 5.72. The van der Waals surface area contributed by atoms with E-state index in [1.807, 2.05) is 6.92 Å². The molecule has 0 unspecified atom stereocenters. The third-order valence-corrected chi connectivity index (χ3v) is 2.74. The van der Waals surface area contributed by atoms with Crippen molar-refractivity contribution in [2.75, 3.05) is 18.5 Å². The van der Waals surface area contributed by atoms with E-state index in [2.05, 4.69) is 36.1 Å². The van der Waals surface area contributed by atoms with Gasteiger partial charge in [-0.2, -0.15) is 0 Å². The van der Waals surface area contributed by atoms with E-state index in [4.69, 9.17) is 4.74 Å². The maximum Gasteiger partial charge on any atom is 0.221 e. The molecule has 0 radical (unpaired) electrons. The van der Waals surface area contributed by atoms with Crippen molar-refractivity contribution in [3.05, 3.63) is 11.9 Å². The highest BCUT2D eigenvalue weighted by molar-refractivity contribution is 5.47. The molecule has 1 heterocycles. The molecule has 102 valence electrons. The summed E-state index contributed by atoms with van der Waals surface area (Å²) in [7, 11) is 0. The first-order chi connectivity index (χ1) is 8.65. The molecule has 0 aliphatic carbocycles. The van der Waals surface area contributed by atoms with Crippen molar-refractivity contribution in [3.63, 3.8) is 0 Å². The molecule has 0 atom stereocenters. The molecule has 0 bridgehead atoms. The van der Waals surface area contributed by atoms with Gasteiger partial charge in [-0.15, -0.1) is 0 Å². The number of rotatable bonds is 8. The van der Waals surface area contributed by atoms with Gasteiger partial charge in [0, 0.05) is 6.54 Å². The molecule has 0 fully saturated rings. The number of anilines is 1. The van der Waals surface area contributed by atoms with Gasteiger partial charge in [0.25, 0.3) is 0 Å². The standard InChI is InChI=1S/C14H25N3O/c1-5-8-15-13-12(4)14(17-10-16-13)18-9-6-7-11(2)3/h10-11H,5-9H2,1-4H3,(H,15,16,17). The molecule has 0 amide bonds. The Balaban J connectivity index is 2.49. The first-order valence-electron chi connectivity index (χ1n) is 6.83. The average molecular weight is 251 g/mol. The summed E-state index contributed by atoms with van der Waals surface area (Å²) >= 11 is 0. The van der Waals surface area contributed by atoms with Crippen molar-refractivity contribution in [2.45, 2.75) is 47.0 Å². The fourth-order valence-corrected chi connectivity index (χ4v) is 1.66. The van der Waals surface area contributed by atoms with E-state index in [1.165, 1.54) is 6.42 Å². The van der Waals surface area contributed by atoms with Crippen molar-refractivity contribution in [2.24, 2.45) is 5.92 Å². The molecule has 0 saturated heterocycles. The van der Waals surface area contributed by atoms with Crippen LogP contribution in [0.5, 0.6) is 5.88 Å². The van der Waals surface area contributed by atoms with Crippen molar-refractivity contribution in [1.82, 2.24) is 9.97 Å². The number of nitrogens with one attached hydrogen (secondary N) is 1. The van der Waals surface area contributed by atoms with E-state index < -0.39 is 0 Å². The van der Waals surface area contributed by atoms with E-state index in [0.717, 1.165) is 43.3 Å². The minimum atomic E-state index is 0.701. The van der Waals surface area contributed by atoms with Gasteiger partial charge in [-0.3, -0.25) is 0 Å². The highest BCUT2D eigenvalue weighted by atomic mass is 16.5. The van der Waals surface area contributed by atoms with E-state index >= 15 is 0 Å². The van der Waals surface area contributed by atoms with Gasteiger partial charge in [-0.1, -0.05) is 20.8 Å². The third kappa shape index (κ3) is 4.90. The topological polar surface area (TPSA) is 47.0 Å². The molecular weight excluding hydrogens is 226 g/mol. The molecule has 4 heteroatoms. The molecule has 1 aromatic rings. The van der Waals surface area contributed by atoms with Gasteiger partial charge < -0.3 is 10.1 Å². The summed E-state index contributed by atoms with van der Waals surface area (Å²) in [6.45, 7) is 10.2. The van der Waals surface area contributed by atoms with Gasteiger partial charge in [-0.05, 0) is 32.1 Å². The highest BCUT2D eigenvalue weighted by Gasteiger charge is 2.07. The first kappa shape index (κ1) is 14.7. The SMILES string of the molecule is CCCNc1ncnc(OCCCC(C)C)c1C. The largest absolute Gasteiger partial charge is 0.477 e. The van der Waals surface area contributed by atoms with Gasteiger partial charge in [0.2, 0.25) is 5.88 Å². The van der Waals surface area contributed by atoms with Crippen LogP contribution in [-0.2, 0) is 0 Å². The van der Waals surface area contributed by atoms with Gasteiger partial charge in [-0.25, -0.2) is 9.97 Å². The normalized spacial score (nSPS) is 10.7. The lowest BCUT2D eigenvalue weighted by molar-refractivity contribution is 0.285.